The van der Waals surface area contributed by atoms with Crippen LogP contribution in [0.1, 0.15) is 17.2 Å². The Morgan fingerprint density at radius 1 is 1.10 bits per heavy atom. The molecule has 0 aliphatic carbocycles. The molecule has 0 saturated carbocycles. The van der Waals surface area contributed by atoms with Crippen molar-refractivity contribution in [3.05, 3.63) is 65.0 Å². The maximum absolute atomic E-state index is 13.7. The Morgan fingerprint density at radius 3 is 2.48 bits per heavy atom. The van der Waals surface area contributed by atoms with Gasteiger partial charge in [0, 0.05) is 0 Å². The van der Waals surface area contributed by atoms with Gasteiger partial charge in [0.15, 0.2) is 11.6 Å². The van der Waals surface area contributed by atoms with Gasteiger partial charge >= 0.3 is 0 Å². The first-order valence-corrected chi connectivity index (χ1v) is 6.28. The Kier molecular flexibility index (Phi) is 4.82. The number of hydrogen-bond acceptors (Lipinski definition) is 3. The highest BCUT2D eigenvalue weighted by atomic mass is 19.1. The second kappa shape index (κ2) is 6.60. The smallest absolute Gasteiger partial charge is 0.165 e. The molecule has 0 fully saturated rings. The van der Waals surface area contributed by atoms with Gasteiger partial charge < -0.3 is 4.74 Å². The van der Waals surface area contributed by atoms with Gasteiger partial charge in [-0.15, -0.1) is 0 Å². The van der Waals surface area contributed by atoms with E-state index < -0.39 is 23.5 Å². The zero-order chi connectivity index (χ0) is 15.4. The van der Waals surface area contributed by atoms with Gasteiger partial charge in [0.2, 0.25) is 0 Å². The van der Waals surface area contributed by atoms with Gasteiger partial charge in [-0.2, -0.15) is 0 Å². The van der Waals surface area contributed by atoms with Gasteiger partial charge in [-0.1, -0.05) is 6.07 Å². The van der Waals surface area contributed by atoms with Crippen molar-refractivity contribution in [1.29, 1.82) is 0 Å². The lowest BCUT2D eigenvalue weighted by molar-refractivity contribution is 0.385. The minimum atomic E-state index is -0.554. The van der Waals surface area contributed by atoms with Crippen LogP contribution < -0.4 is 16.0 Å². The van der Waals surface area contributed by atoms with E-state index in [1.54, 1.807) is 6.07 Å². The fourth-order valence-corrected chi connectivity index (χ4v) is 2.09. The molecule has 0 heterocycles. The number of halogens is 3. The average Bonchev–Trinajstić information content (AvgIpc) is 2.48. The van der Waals surface area contributed by atoms with E-state index in [1.807, 2.05) is 0 Å². The normalized spacial score (nSPS) is 12.2. The van der Waals surface area contributed by atoms with E-state index in [2.05, 4.69) is 5.43 Å². The maximum atomic E-state index is 13.7. The largest absolute Gasteiger partial charge is 0.494 e. The highest BCUT2D eigenvalue weighted by Crippen LogP contribution is 2.25. The topological polar surface area (TPSA) is 47.3 Å². The molecule has 6 heteroatoms. The molecular formula is C15H15F3N2O. The summed E-state index contributed by atoms with van der Waals surface area (Å²) in [5.74, 6) is 3.92. The van der Waals surface area contributed by atoms with Gasteiger partial charge in [-0.25, -0.2) is 13.2 Å². The van der Waals surface area contributed by atoms with Crippen molar-refractivity contribution in [2.75, 3.05) is 7.11 Å². The molecule has 2 aromatic rings. The molecule has 0 radical (unpaired) electrons. The Labute approximate surface area is 120 Å². The second-order valence-corrected chi connectivity index (χ2v) is 4.55. The van der Waals surface area contributed by atoms with Crippen molar-refractivity contribution < 1.29 is 17.9 Å². The number of methoxy groups -OCH3 is 1. The van der Waals surface area contributed by atoms with E-state index >= 15 is 0 Å². The molecular weight excluding hydrogens is 281 g/mol. The lowest BCUT2D eigenvalue weighted by atomic mass is 9.98. The molecule has 21 heavy (non-hydrogen) atoms. The number of benzene rings is 2. The van der Waals surface area contributed by atoms with Crippen LogP contribution in [0.5, 0.6) is 5.75 Å². The summed E-state index contributed by atoms with van der Waals surface area (Å²) in [7, 11) is 1.36. The Morgan fingerprint density at radius 2 is 1.86 bits per heavy atom. The molecule has 0 saturated heterocycles. The van der Waals surface area contributed by atoms with Crippen LogP contribution in [0.25, 0.3) is 0 Å². The minimum absolute atomic E-state index is 0.0891. The number of rotatable bonds is 5. The number of hydrazine groups is 1. The third-order valence-corrected chi connectivity index (χ3v) is 3.21. The second-order valence-electron chi connectivity index (χ2n) is 4.55. The molecule has 112 valence electrons. The van der Waals surface area contributed by atoms with Crippen molar-refractivity contribution in [1.82, 2.24) is 5.43 Å². The average molecular weight is 296 g/mol. The highest BCUT2D eigenvalue weighted by molar-refractivity contribution is 5.32. The molecule has 0 amide bonds. The van der Waals surface area contributed by atoms with Gasteiger partial charge in [0.25, 0.3) is 0 Å². The van der Waals surface area contributed by atoms with E-state index in [4.69, 9.17) is 10.6 Å². The maximum Gasteiger partial charge on any atom is 0.165 e. The number of ether oxygens (including phenoxy) is 1. The van der Waals surface area contributed by atoms with E-state index in [-0.39, 0.29) is 17.7 Å². The van der Waals surface area contributed by atoms with E-state index in [1.165, 1.54) is 19.2 Å². The molecule has 0 aliphatic rings. The summed E-state index contributed by atoms with van der Waals surface area (Å²) in [6.07, 6.45) is 0.0891. The van der Waals surface area contributed by atoms with Crippen molar-refractivity contribution in [3.8, 4) is 5.75 Å². The van der Waals surface area contributed by atoms with Crippen LogP contribution in [-0.2, 0) is 6.42 Å². The first-order chi connectivity index (χ1) is 10.0. The predicted octanol–water partition coefficient (Wildman–Crippen LogP) is 2.86. The zero-order valence-electron chi connectivity index (χ0n) is 11.4. The summed E-state index contributed by atoms with van der Waals surface area (Å²) in [6, 6.07) is 6.95. The van der Waals surface area contributed by atoms with Crippen LogP contribution in [0.3, 0.4) is 0 Å². The van der Waals surface area contributed by atoms with Gasteiger partial charge in [-0.05, 0) is 47.9 Å². The summed E-state index contributed by atoms with van der Waals surface area (Å²) >= 11 is 0. The lowest BCUT2D eigenvalue weighted by Crippen LogP contribution is -2.30. The molecule has 1 atom stereocenters. The Balaban J connectivity index is 2.27. The standard InChI is InChI=1S/C15H15F3N2O/c1-21-15-5-2-9(7-13(15)18)14(20-19)8-10-6-11(16)3-4-12(10)17/h2-7,14,20H,8,19H2,1H3. The van der Waals surface area contributed by atoms with Crippen LogP contribution in [0.4, 0.5) is 13.2 Å². The molecule has 1 unspecified atom stereocenters. The van der Waals surface area contributed by atoms with Gasteiger partial charge in [0.05, 0.1) is 13.2 Å². The summed E-state index contributed by atoms with van der Waals surface area (Å²) in [6.45, 7) is 0. The van der Waals surface area contributed by atoms with Crippen molar-refractivity contribution >= 4 is 0 Å². The number of hydrogen-bond donors (Lipinski definition) is 2. The molecule has 0 aromatic heterocycles. The highest BCUT2D eigenvalue weighted by Gasteiger charge is 2.16. The predicted molar refractivity (Wildman–Crippen MR) is 73.1 cm³/mol. The molecule has 3 nitrogen and oxygen atoms in total. The van der Waals surface area contributed by atoms with Gasteiger partial charge in [-0.3, -0.25) is 11.3 Å². The Hall–Kier alpha value is -2.05. The Bertz CT molecular complexity index is 634. The fourth-order valence-electron chi connectivity index (χ4n) is 2.09. The summed E-state index contributed by atoms with van der Waals surface area (Å²) < 4.78 is 45.4. The monoisotopic (exact) mass is 296 g/mol. The van der Waals surface area contributed by atoms with E-state index in [0.717, 1.165) is 18.2 Å². The van der Waals surface area contributed by atoms with E-state index in [0.29, 0.717) is 5.56 Å². The third kappa shape index (κ3) is 3.53. The quantitative estimate of drug-likeness (QED) is 0.659. The summed E-state index contributed by atoms with van der Waals surface area (Å²) in [5.41, 5.74) is 3.16. The first kappa shape index (κ1) is 15.3. The summed E-state index contributed by atoms with van der Waals surface area (Å²) in [5, 5.41) is 0. The molecule has 3 N–H and O–H groups in total. The lowest BCUT2D eigenvalue weighted by Gasteiger charge is -2.17. The minimum Gasteiger partial charge on any atom is -0.494 e. The van der Waals surface area contributed by atoms with Crippen molar-refractivity contribution in [2.45, 2.75) is 12.5 Å². The van der Waals surface area contributed by atoms with Crippen LogP contribution in [0, 0.1) is 17.5 Å². The molecule has 0 aliphatic heterocycles. The molecule has 2 aromatic carbocycles. The van der Waals surface area contributed by atoms with Crippen LogP contribution >= 0.6 is 0 Å². The van der Waals surface area contributed by atoms with Crippen LogP contribution in [0.15, 0.2) is 36.4 Å². The van der Waals surface area contributed by atoms with Crippen molar-refractivity contribution in [3.63, 3.8) is 0 Å². The first-order valence-electron chi connectivity index (χ1n) is 6.28. The molecule has 2 rings (SSSR count). The summed E-state index contributed by atoms with van der Waals surface area (Å²) in [4.78, 5) is 0. The van der Waals surface area contributed by atoms with Crippen LogP contribution in [0.2, 0.25) is 0 Å². The number of nitrogens with one attached hydrogen (secondary N) is 1. The van der Waals surface area contributed by atoms with Gasteiger partial charge in [0.1, 0.15) is 11.6 Å². The van der Waals surface area contributed by atoms with E-state index in [9.17, 15) is 13.2 Å². The fraction of sp³-hybridized carbons (Fsp3) is 0.200. The van der Waals surface area contributed by atoms with Crippen LogP contribution in [-0.4, -0.2) is 7.11 Å². The molecule has 0 bridgehead atoms. The third-order valence-electron chi connectivity index (χ3n) is 3.21. The number of nitrogens with two attached hydrogens (primary N) is 1. The molecule has 0 spiro atoms. The zero-order valence-corrected chi connectivity index (χ0v) is 11.4. The SMILES string of the molecule is COc1ccc(C(Cc2cc(F)ccc2F)NN)cc1F. The van der Waals surface area contributed by atoms with Crippen molar-refractivity contribution in [2.24, 2.45) is 5.84 Å².